The molecule has 1 spiro atoms. The average Bonchev–Trinajstić information content (AvgIpc) is 3.87. The first-order chi connectivity index (χ1) is 22.3. The van der Waals surface area contributed by atoms with E-state index < -0.39 is 57.7 Å². The van der Waals surface area contributed by atoms with Crippen molar-refractivity contribution in [3.8, 4) is 17.3 Å². The topological polar surface area (TPSA) is 80.4 Å². The van der Waals surface area contributed by atoms with Gasteiger partial charge in [0, 0.05) is 42.0 Å². The summed E-state index contributed by atoms with van der Waals surface area (Å²) in [7, 11) is 0. The van der Waals surface area contributed by atoms with E-state index in [0.29, 0.717) is 19.5 Å². The summed E-state index contributed by atoms with van der Waals surface area (Å²) in [5.74, 6) is -1.26. The number of aromatic nitrogens is 3. The Balaban J connectivity index is 1.26. The summed E-state index contributed by atoms with van der Waals surface area (Å²) in [5, 5.41) is -0.643. The number of nitrogens with zero attached hydrogens (tertiary/aromatic N) is 5. The van der Waals surface area contributed by atoms with E-state index in [0.717, 1.165) is 44.2 Å². The second-order valence-corrected chi connectivity index (χ2v) is 13.9. The fourth-order valence-electron chi connectivity index (χ4n) is 8.47. The van der Waals surface area contributed by atoms with Gasteiger partial charge in [-0.2, -0.15) is 31.9 Å². The normalized spacial score (nSPS) is 28.0. The Bertz CT molecular complexity index is 1830. The number of pyridine rings is 1. The number of rotatable bonds is 5. The fraction of sp³-hybridized carbons (Fsp3) is 0.531. The predicted molar refractivity (Wildman–Crippen MR) is 160 cm³/mol. The molecule has 2 saturated carbocycles. The van der Waals surface area contributed by atoms with Gasteiger partial charge in [-0.1, -0.05) is 18.0 Å². The van der Waals surface area contributed by atoms with E-state index in [1.54, 1.807) is 4.90 Å². The minimum Gasteiger partial charge on any atom is -0.461 e. The van der Waals surface area contributed by atoms with Crippen molar-refractivity contribution in [3.63, 3.8) is 0 Å². The molecule has 3 saturated heterocycles. The highest BCUT2D eigenvalue weighted by atomic mass is 35.5. The summed E-state index contributed by atoms with van der Waals surface area (Å²) in [6.45, 7) is 1.12. The van der Waals surface area contributed by atoms with Crippen molar-refractivity contribution in [1.29, 1.82) is 0 Å². The Morgan fingerprint density at radius 1 is 1.11 bits per heavy atom. The number of anilines is 2. The van der Waals surface area contributed by atoms with E-state index in [1.807, 2.05) is 4.90 Å². The van der Waals surface area contributed by atoms with Gasteiger partial charge in [0.05, 0.1) is 27.6 Å². The minimum absolute atomic E-state index is 0.0465. The number of alkyl halides is 4. The van der Waals surface area contributed by atoms with E-state index in [1.165, 1.54) is 6.20 Å². The summed E-state index contributed by atoms with van der Waals surface area (Å²) in [6, 6.07) is 1.08. The van der Waals surface area contributed by atoms with E-state index >= 15 is 4.39 Å². The Morgan fingerprint density at radius 2 is 1.89 bits per heavy atom. The predicted octanol–water partition coefficient (Wildman–Crippen LogP) is 7.57. The van der Waals surface area contributed by atoms with Crippen LogP contribution in [0.5, 0.6) is 6.01 Å². The van der Waals surface area contributed by atoms with Crippen LogP contribution in [0.2, 0.25) is 5.02 Å². The number of ether oxygens (including phenoxy) is 1. The van der Waals surface area contributed by atoms with Gasteiger partial charge in [0.25, 0.3) is 6.08 Å². The molecule has 0 amide bonds. The monoisotopic (exact) mass is 682 g/mol. The maximum atomic E-state index is 16.6. The van der Waals surface area contributed by atoms with Crippen molar-refractivity contribution in [3.05, 3.63) is 46.4 Å². The Labute approximate surface area is 269 Å². The lowest BCUT2D eigenvalue weighted by atomic mass is 9.80. The maximum Gasteiger partial charge on any atom is 0.418 e. The Hall–Kier alpha value is -3.39. The van der Waals surface area contributed by atoms with E-state index in [9.17, 15) is 26.3 Å². The second kappa shape index (κ2) is 10.6. The van der Waals surface area contributed by atoms with Gasteiger partial charge >= 0.3 is 12.2 Å². The van der Waals surface area contributed by atoms with Crippen molar-refractivity contribution in [2.45, 2.75) is 68.9 Å². The zero-order valence-electron chi connectivity index (χ0n) is 25.0. The van der Waals surface area contributed by atoms with Gasteiger partial charge in [0.1, 0.15) is 29.8 Å². The highest BCUT2D eigenvalue weighted by Gasteiger charge is 2.68. The summed E-state index contributed by atoms with van der Waals surface area (Å²) in [4.78, 5) is 16.8. The zero-order chi connectivity index (χ0) is 33.0. The zero-order valence-corrected chi connectivity index (χ0v) is 25.7. The third-order valence-electron chi connectivity index (χ3n) is 11.0. The van der Waals surface area contributed by atoms with Crippen LogP contribution in [0.15, 0.2) is 30.0 Å². The number of halogens is 8. The number of hydrogen-bond donors (Lipinski definition) is 1. The number of hydrogen-bond acceptors (Lipinski definition) is 7. The van der Waals surface area contributed by atoms with Gasteiger partial charge in [-0.05, 0) is 62.6 Å². The maximum absolute atomic E-state index is 16.6. The molecule has 2 aliphatic carbocycles. The van der Waals surface area contributed by atoms with Gasteiger partial charge in [-0.15, -0.1) is 0 Å². The first-order valence-electron chi connectivity index (χ1n) is 15.7. The first-order valence-corrected chi connectivity index (χ1v) is 16.1. The smallest absolute Gasteiger partial charge is 0.418 e. The molecule has 8 rings (SSSR count). The van der Waals surface area contributed by atoms with Crippen LogP contribution in [0.1, 0.15) is 50.5 Å². The molecule has 0 bridgehead atoms. The third-order valence-corrected chi connectivity index (χ3v) is 11.3. The van der Waals surface area contributed by atoms with Crippen LogP contribution in [0.4, 0.5) is 42.2 Å². The van der Waals surface area contributed by atoms with Crippen molar-refractivity contribution in [2.24, 2.45) is 11.3 Å². The van der Waals surface area contributed by atoms with E-state index in [2.05, 4.69) is 15.0 Å². The first kappa shape index (κ1) is 30.9. The van der Waals surface area contributed by atoms with Crippen molar-refractivity contribution in [2.75, 3.05) is 36.9 Å². The number of fused-ring (bicyclic) bond motifs is 4. The van der Waals surface area contributed by atoms with Crippen LogP contribution in [0.3, 0.4) is 0 Å². The van der Waals surface area contributed by atoms with Crippen LogP contribution in [0.25, 0.3) is 22.2 Å². The lowest BCUT2D eigenvalue weighted by molar-refractivity contribution is -0.137. The number of nitrogen functional groups attached to an aromatic ring is 1. The van der Waals surface area contributed by atoms with Crippen LogP contribution in [-0.4, -0.2) is 63.8 Å². The molecule has 1 aromatic carbocycles. The quantitative estimate of drug-likeness (QED) is 0.220. The highest BCUT2D eigenvalue weighted by molar-refractivity contribution is 6.32. The van der Waals surface area contributed by atoms with Crippen LogP contribution < -0.4 is 15.4 Å². The van der Waals surface area contributed by atoms with E-state index in [4.69, 9.17) is 22.1 Å². The molecule has 47 heavy (non-hydrogen) atoms. The molecular formula is C32H30ClF7N6O. The molecule has 5 fully saturated rings. The molecule has 5 heterocycles. The van der Waals surface area contributed by atoms with Crippen molar-refractivity contribution in [1.82, 2.24) is 19.9 Å². The summed E-state index contributed by atoms with van der Waals surface area (Å²) >= 11 is 5.95. The Morgan fingerprint density at radius 3 is 2.62 bits per heavy atom. The fourth-order valence-corrected chi connectivity index (χ4v) is 8.81. The molecule has 2 aromatic heterocycles. The summed E-state index contributed by atoms with van der Waals surface area (Å²) in [5.41, 5.74) is 1.80. The van der Waals surface area contributed by atoms with Gasteiger partial charge in [0.15, 0.2) is 5.82 Å². The van der Waals surface area contributed by atoms with Crippen LogP contribution in [0, 0.1) is 17.2 Å². The molecule has 2 N–H and O–H groups in total. The average molecular weight is 683 g/mol. The molecule has 15 heteroatoms. The highest BCUT2D eigenvalue weighted by Crippen LogP contribution is 2.66. The Kier molecular flexibility index (Phi) is 6.94. The number of benzene rings is 1. The molecular weight excluding hydrogens is 653 g/mol. The molecule has 0 radical (unpaired) electrons. The standard InChI is InChI=1S/C32H30ClF7N6O/c33-20-10-16(41)9-18(21(20)32(38,39)40)24-23(35)25-19(12-42-24)28(46-7-2-1-3-17-22(34)26(17)46)44-29(43-25)47-14-31-11-15(27(36)37)13-45(31)8-6-30(31)4-5-30/h9-10,12,17,22,26H,1-8,11,13-14,41H2/t17-,22-,26-,31-/m0/s1. The van der Waals surface area contributed by atoms with Gasteiger partial charge in [-0.25, -0.2) is 8.78 Å². The lowest BCUT2D eigenvalue weighted by Crippen LogP contribution is -2.49. The third kappa shape index (κ3) is 4.75. The molecule has 5 aliphatic rings. The molecule has 3 aromatic rings. The number of nitrogens with two attached hydrogens (primary N) is 1. The SMILES string of the molecule is Nc1cc(Cl)c(C(F)(F)F)c(-c2ncc3c(N4CCCC[C@H]5[C@H](F)[C@H]54)nc(OC[C@]45CC(=C(F)F)CN4CCC54CC4)nc3c2F)c1. The van der Waals surface area contributed by atoms with Gasteiger partial charge in [-0.3, -0.25) is 9.88 Å². The second-order valence-electron chi connectivity index (χ2n) is 13.5. The van der Waals surface area contributed by atoms with Crippen molar-refractivity contribution >= 4 is 34.0 Å². The van der Waals surface area contributed by atoms with Gasteiger partial charge in [0.2, 0.25) is 0 Å². The van der Waals surface area contributed by atoms with E-state index in [-0.39, 0.29) is 64.9 Å². The largest absolute Gasteiger partial charge is 0.461 e. The molecule has 4 atom stereocenters. The minimum atomic E-state index is -4.96. The molecule has 3 aliphatic heterocycles. The summed E-state index contributed by atoms with van der Waals surface area (Å²) in [6.07, 6.45) is -1.74. The lowest BCUT2D eigenvalue weighted by Gasteiger charge is -2.36. The molecule has 250 valence electrons. The molecule has 7 nitrogen and oxygen atoms in total. The van der Waals surface area contributed by atoms with Gasteiger partial charge < -0.3 is 15.4 Å². The van der Waals surface area contributed by atoms with Crippen LogP contribution >= 0.6 is 11.6 Å². The molecule has 0 unspecified atom stereocenters. The van der Waals surface area contributed by atoms with Crippen LogP contribution in [-0.2, 0) is 6.18 Å². The van der Waals surface area contributed by atoms with Crippen molar-refractivity contribution < 1.29 is 35.5 Å². The summed E-state index contributed by atoms with van der Waals surface area (Å²) < 4.78 is 108.